The molecule has 3 rings (SSSR count). The molecule has 0 unspecified atom stereocenters. The Balaban J connectivity index is 1.86. The molecule has 0 atom stereocenters. The number of aromatic amines is 1. The maximum Gasteiger partial charge on any atom is 0.123 e. The van der Waals surface area contributed by atoms with Gasteiger partial charge < -0.3 is 14.9 Å². The number of fused-ring (bicyclic) bond motifs is 1. The largest absolute Gasteiger partial charge is 0.386 e. The minimum absolute atomic E-state index is 0.229. The van der Waals surface area contributed by atoms with Crippen LogP contribution in [-0.2, 0) is 10.4 Å². The lowest BCUT2D eigenvalue weighted by molar-refractivity contribution is -0.111. The molecule has 21 heavy (non-hydrogen) atoms. The number of H-pyrrole nitrogens is 1. The Morgan fingerprint density at radius 3 is 2.62 bits per heavy atom. The summed E-state index contributed by atoms with van der Waals surface area (Å²) in [5, 5.41) is 10.1. The first kappa shape index (κ1) is 14.3. The summed E-state index contributed by atoms with van der Waals surface area (Å²) in [6.07, 6.45) is 5.04. The van der Waals surface area contributed by atoms with E-state index in [0.717, 1.165) is 54.4 Å². The van der Waals surface area contributed by atoms with E-state index in [0.29, 0.717) is 5.92 Å². The Morgan fingerprint density at radius 2 is 2.00 bits per heavy atom. The van der Waals surface area contributed by atoms with Gasteiger partial charge in [0, 0.05) is 11.8 Å². The normalized spacial score (nSPS) is 23.4. The van der Waals surface area contributed by atoms with Gasteiger partial charge in [-0.3, -0.25) is 0 Å². The molecule has 4 heteroatoms. The number of nitrogens with one attached hydrogen (secondary N) is 1. The predicted molar refractivity (Wildman–Crippen MR) is 82.1 cm³/mol. The average Bonchev–Trinajstić information content (AvgIpc) is 2.89. The highest BCUT2D eigenvalue weighted by molar-refractivity contribution is 5.76. The van der Waals surface area contributed by atoms with Crippen molar-refractivity contribution in [2.75, 3.05) is 0 Å². The number of hydrogen-bond donors (Lipinski definition) is 2. The van der Waals surface area contributed by atoms with Crippen molar-refractivity contribution in [1.82, 2.24) is 9.97 Å². The number of imidazole rings is 1. The van der Waals surface area contributed by atoms with Crippen LogP contribution >= 0.6 is 0 Å². The van der Waals surface area contributed by atoms with Gasteiger partial charge in [-0.1, -0.05) is 6.07 Å². The summed E-state index contributed by atoms with van der Waals surface area (Å²) in [4.78, 5) is 18.9. The molecule has 1 heterocycles. The third kappa shape index (κ3) is 2.86. The lowest BCUT2D eigenvalue weighted by Gasteiger charge is -2.23. The molecule has 2 aromatic rings. The van der Waals surface area contributed by atoms with Crippen molar-refractivity contribution in [2.45, 2.75) is 51.0 Å². The number of rotatable bonds is 3. The highest BCUT2D eigenvalue weighted by atomic mass is 16.3. The van der Waals surface area contributed by atoms with Crippen LogP contribution in [0.1, 0.15) is 56.8 Å². The Kier molecular flexibility index (Phi) is 3.57. The summed E-state index contributed by atoms with van der Waals surface area (Å²) in [5.41, 5.74) is 1.95. The zero-order valence-corrected chi connectivity index (χ0v) is 12.6. The van der Waals surface area contributed by atoms with E-state index in [9.17, 15) is 9.90 Å². The number of benzene rings is 1. The van der Waals surface area contributed by atoms with Gasteiger partial charge in [0.1, 0.15) is 12.1 Å². The van der Waals surface area contributed by atoms with Crippen molar-refractivity contribution in [3.05, 3.63) is 29.6 Å². The highest BCUT2D eigenvalue weighted by Gasteiger charge is 2.24. The van der Waals surface area contributed by atoms with E-state index in [1.165, 1.54) is 0 Å². The predicted octanol–water partition coefficient (Wildman–Crippen LogP) is 3.26. The summed E-state index contributed by atoms with van der Waals surface area (Å²) in [6, 6.07) is 5.86. The van der Waals surface area contributed by atoms with Crippen molar-refractivity contribution in [2.24, 2.45) is 5.92 Å². The van der Waals surface area contributed by atoms with E-state index in [1.54, 1.807) is 13.8 Å². The fraction of sp³-hybridized carbons (Fsp3) is 0.529. The number of carbonyl (C=O) groups excluding carboxylic acids is 1. The van der Waals surface area contributed by atoms with E-state index in [4.69, 9.17) is 0 Å². The van der Waals surface area contributed by atoms with Crippen molar-refractivity contribution < 1.29 is 9.90 Å². The van der Waals surface area contributed by atoms with Crippen LogP contribution in [0.25, 0.3) is 11.0 Å². The second-order valence-electron chi connectivity index (χ2n) is 6.66. The molecule has 4 nitrogen and oxygen atoms in total. The molecular weight excluding hydrogens is 264 g/mol. The molecule has 0 spiro atoms. The maximum absolute atomic E-state index is 10.8. The second-order valence-corrected chi connectivity index (χ2v) is 6.66. The fourth-order valence-corrected chi connectivity index (χ4v) is 3.13. The number of nitrogens with zero attached hydrogens (tertiary/aromatic N) is 1. The van der Waals surface area contributed by atoms with Gasteiger partial charge in [-0.25, -0.2) is 4.98 Å². The van der Waals surface area contributed by atoms with Gasteiger partial charge in [0.15, 0.2) is 0 Å². The molecule has 1 aromatic carbocycles. The van der Waals surface area contributed by atoms with Crippen LogP contribution in [-0.4, -0.2) is 21.4 Å². The molecule has 0 bridgehead atoms. The first-order valence-electron chi connectivity index (χ1n) is 7.65. The Hall–Kier alpha value is -1.68. The zero-order valence-electron chi connectivity index (χ0n) is 12.6. The molecule has 0 aliphatic heterocycles. The maximum atomic E-state index is 10.8. The highest BCUT2D eigenvalue weighted by Crippen LogP contribution is 2.34. The quantitative estimate of drug-likeness (QED) is 0.851. The van der Waals surface area contributed by atoms with Crippen LogP contribution in [0.15, 0.2) is 18.2 Å². The lowest BCUT2D eigenvalue weighted by Crippen LogP contribution is -2.15. The van der Waals surface area contributed by atoms with Gasteiger partial charge in [-0.05, 0) is 57.2 Å². The van der Waals surface area contributed by atoms with Gasteiger partial charge in [-0.2, -0.15) is 0 Å². The van der Waals surface area contributed by atoms with Crippen LogP contribution in [0.2, 0.25) is 0 Å². The van der Waals surface area contributed by atoms with E-state index >= 15 is 0 Å². The van der Waals surface area contributed by atoms with Gasteiger partial charge >= 0.3 is 0 Å². The smallest absolute Gasteiger partial charge is 0.123 e. The molecule has 0 saturated heterocycles. The SMILES string of the molecule is CC(C)(O)c1ccc2nc(C3CCC(C=O)CC3)[nH]c2c1. The molecule has 1 saturated carbocycles. The summed E-state index contributed by atoms with van der Waals surface area (Å²) in [5.74, 6) is 1.66. The monoisotopic (exact) mass is 286 g/mol. The van der Waals surface area contributed by atoms with E-state index in [-0.39, 0.29) is 5.92 Å². The standard InChI is InChI=1S/C17H22N2O2/c1-17(2,21)13-7-8-14-15(9-13)19-16(18-14)12-5-3-11(10-20)4-6-12/h7-12,21H,3-6H2,1-2H3,(H,18,19). The van der Waals surface area contributed by atoms with Crippen LogP contribution in [0.5, 0.6) is 0 Å². The number of aromatic nitrogens is 2. The zero-order chi connectivity index (χ0) is 15.0. The van der Waals surface area contributed by atoms with Crippen molar-refractivity contribution in [3.63, 3.8) is 0 Å². The Bertz CT molecular complexity index is 646. The van der Waals surface area contributed by atoms with E-state index < -0.39 is 5.60 Å². The topological polar surface area (TPSA) is 66.0 Å². The lowest BCUT2D eigenvalue weighted by atomic mass is 9.82. The number of aldehydes is 1. The summed E-state index contributed by atoms with van der Waals surface area (Å²) in [6.45, 7) is 3.57. The first-order chi connectivity index (χ1) is 9.97. The Labute approximate surface area is 124 Å². The van der Waals surface area contributed by atoms with Gasteiger partial charge in [0.2, 0.25) is 0 Å². The molecule has 1 aliphatic rings. The first-order valence-corrected chi connectivity index (χ1v) is 7.65. The van der Waals surface area contributed by atoms with Crippen LogP contribution in [0.4, 0.5) is 0 Å². The molecule has 2 N–H and O–H groups in total. The van der Waals surface area contributed by atoms with Crippen molar-refractivity contribution in [1.29, 1.82) is 0 Å². The average molecular weight is 286 g/mol. The molecule has 1 aromatic heterocycles. The van der Waals surface area contributed by atoms with Crippen LogP contribution < -0.4 is 0 Å². The van der Waals surface area contributed by atoms with E-state index in [1.807, 2.05) is 18.2 Å². The van der Waals surface area contributed by atoms with Gasteiger partial charge in [-0.15, -0.1) is 0 Å². The number of hydrogen-bond acceptors (Lipinski definition) is 3. The summed E-state index contributed by atoms with van der Waals surface area (Å²) >= 11 is 0. The fourth-order valence-electron chi connectivity index (χ4n) is 3.13. The minimum atomic E-state index is -0.846. The third-order valence-electron chi connectivity index (χ3n) is 4.56. The molecule has 1 aliphatic carbocycles. The molecule has 112 valence electrons. The van der Waals surface area contributed by atoms with Gasteiger partial charge in [0.25, 0.3) is 0 Å². The summed E-state index contributed by atoms with van der Waals surface area (Å²) in [7, 11) is 0. The van der Waals surface area contributed by atoms with Crippen LogP contribution in [0.3, 0.4) is 0 Å². The van der Waals surface area contributed by atoms with E-state index in [2.05, 4.69) is 9.97 Å². The molecule has 1 fully saturated rings. The van der Waals surface area contributed by atoms with Crippen molar-refractivity contribution in [3.8, 4) is 0 Å². The molecule has 0 radical (unpaired) electrons. The van der Waals surface area contributed by atoms with Crippen molar-refractivity contribution >= 4 is 17.3 Å². The third-order valence-corrected chi connectivity index (χ3v) is 4.56. The second kappa shape index (κ2) is 5.26. The minimum Gasteiger partial charge on any atom is -0.386 e. The summed E-state index contributed by atoms with van der Waals surface area (Å²) < 4.78 is 0. The number of carbonyl (C=O) groups is 1. The Morgan fingerprint density at radius 1 is 1.29 bits per heavy atom. The molecule has 0 amide bonds. The molecular formula is C17H22N2O2. The van der Waals surface area contributed by atoms with Gasteiger partial charge in [0.05, 0.1) is 16.6 Å². The number of aliphatic hydroxyl groups is 1. The van der Waals surface area contributed by atoms with Crippen LogP contribution in [0, 0.1) is 5.92 Å².